The topological polar surface area (TPSA) is 144 Å². The maximum absolute atomic E-state index is 11.2. The van der Waals surface area contributed by atoms with Gasteiger partial charge in [-0.05, 0) is 11.6 Å². The number of benzene rings is 2. The number of aromatic hydroxyl groups is 1. The summed E-state index contributed by atoms with van der Waals surface area (Å²) < 4.78 is 0. The molecule has 2 aromatic carbocycles. The predicted octanol–water partition coefficient (Wildman–Crippen LogP) is 1.77. The number of hydrogen-bond donors (Lipinski definition) is 3. The van der Waals surface area contributed by atoms with Crippen molar-refractivity contribution in [2.24, 2.45) is 0 Å². The smallest absolute Gasteiger partial charge is 0.317 e. The number of nitro groups is 1. The summed E-state index contributed by atoms with van der Waals surface area (Å²) in [4.78, 5) is 35.8. The summed E-state index contributed by atoms with van der Waals surface area (Å²) in [6, 6.07) is 12.9. The first kappa shape index (κ1) is 22.8. The molecule has 10 heteroatoms. The minimum Gasteiger partial charge on any atom is -0.507 e. The van der Waals surface area contributed by atoms with E-state index in [1.54, 1.807) is 4.90 Å². The summed E-state index contributed by atoms with van der Waals surface area (Å²) in [5.74, 6) is -2.38. The Balaban J connectivity index is 2.09. The Morgan fingerprint density at radius 3 is 1.97 bits per heavy atom. The van der Waals surface area contributed by atoms with Gasteiger partial charge in [-0.25, -0.2) is 0 Å². The van der Waals surface area contributed by atoms with Gasteiger partial charge in [0.15, 0.2) is 0 Å². The lowest BCUT2D eigenvalue weighted by Crippen LogP contribution is -2.39. The lowest BCUT2D eigenvalue weighted by Gasteiger charge is -2.26. The van der Waals surface area contributed by atoms with Crippen LogP contribution in [0.1, 0.15) is 11.1 Å². The van der Waals surface area contributed by atoms with Gasteiger partial charge in [0.2, 0.25) is 0 Å². The lowest BCUT2D eigenvalue weighted by atomic mass is 10.1. The van der Waals surface area contributed by atoms with Crippen LogP contribution in [0.25, 0.3) is 0 Å². The van der Waals surface area contributed by atoms with E-state index in [9.17, 15) is 35.0 Å². The van der Waals surface area contributed by atoms with Gasteiger partial charge in [0.05, 0.1) is 24.1 Å². The van der Waals surface area contributed by atoms with Gasteiger partial charge >= 0.3 is 11.9 Å². The van der Waals surface area contributed by atoms with Crippen molar-refractivity contribution in [3.05, 3.63) is 69.8 Å². The van der Waals surface area contributed by atoms with Crippen molar-refractivity contribution in [2.75, 3.05) is 26.2 Å². The van der Waals surface area contributed by atoms with E-state index in [4.69, 9.17) is 0 Å². The van der Waals surface area contributed by atoms with E-state index in [1.165, 1.54) is 17.0 Å². The average Bonchev–Trinajstić information content (AvgIpc) is 2.67. The molecule has 0 aliphatic rings. The molecule has 30 heavy (non-hydrogen) atoms. The summed E-state index contributed by atoms with van der Waals surface area (Å²) in [6.07, 6.45) is 0. The monoisotopic (exact) mass is 417 g/mol. The zero-order valence-electron chi connectivity index (χ0n) is 16.2. The molecule has 0 radical (unpaired) electrons. The highest BCUT2D eigenvalue weighted by Gasteiger charge is 2.18. The SMILES string of the molecule is O=C(O)CN(CCN(CC(=O)O)Cc1ccc([N+](=O)[O-])cc1O)Cc1ccccc1. The van der Waals surface area contributed by atoms with Crippen LogP contribution in [0.3, 0.4) is 0 Å². The van der Waals surface area contributed by atoms with E-state index in [-0.39, 0.29) is 44.2 Å². The van der Waals surface area contributed by atoms with E-state index >= 15 is 0 Å². The molecule has 3 N–H and O–H groups in total. The van der Waals surface area contributed by atoms with E-state index in [0.29, 0.717) is 12.1 Å². The minimum absolute atomic E-state index is 0.0440. The molecule has 0 atom stereocenters. The number of carboxylic acids is 2. The highest BCUT2D eigenvalue weighted by Crippen LogP contribution is 2.24. The van der Waals surface area contributed by atoms with Gasteiger partial charge in [0, 0.05) is 37.8 Å². The fraction of sp³-hybridized carbons (Fsp3) is 0.300. The summed E-state index contributed by atoms with van der Waals surface area (Å²) in [7, 11) is 0. The molecule has 0 aromatic heterocycles. The molecule has 10 nitrogen and oxygen atoms in total. The molecule has 160 valence electrons. The molecule has 2 aromatic rings. The number of phenolic OH excluding ortho intramolecular Hbond substituents is 1. The van der Waals surface area contributed by atoms with Crippen LogP contribution in [0.15, 0.2) is 48.5 Å². The van der Waals surface area contributed by atoms with Gasteiger partial charge < -0.3 is 15.3 Å². The Kier molecular flexibility index (Phi) is 8.27. The van der Waals surface area contributed by atoms with Gasteiger partial charge in [-0.15, -0.1) is 0 Å². The van der Waals surface area contributed by atoms with Gasteiger partial charge in [-0.2, -0.15) is 0 Å². The number of carbonyl (C=O) groups is 2. The largest absolute Gasteiger partial charge is 0.507 e. The van der Waals surface area contributed by atoms with Gasteiger partial charge in [0.25, 0.3) is 5.69 Å². The maximum Gasteiger partial charge on any atom is 0.317 e. The summed E-state index contributed by atoms with van der Waals surface area (Å²) >= 11 is 0. The Hall–Kier alpha value is -3.50. The normalized spacial score (nSPS) is 11.0. The van der Waals surface area contributed by atoms with E-state index in [0.717, 1.165) is 11.6 Å². The summed E-state index contributed by atoms with van der Waals surface area (Å²) in [5, 5.41) is 39.2. The third kappa shape index (κ3) is 7.49. The Morgan fingerprint density at radius 2 is 1.47 bits per heavy atom. The zero-order chi connectivity index (χ0) is 22.1. The second-order valence-electron chi connectivity index (χ2n) is 6.76. The number of aliphatic carboxylic acids is 2. The molecule has 2 rings (SSSR count). The quantitative estimate of drug-likeness (QED) is 0.347. The first-order chi connectivity index (χ1) is 14.2. The highest BCUT2D eigenvalue weighted by molar-refractivity contribution is 5.69. The molecule has 0 spiro atoms. The number of nitrogens with zero attached hydrogens (tertiary/aromatic N) is 3. The first-order valence-electron chi connectivity index (χ1n) is 9.13. The first-order valence-corrected chi connectivity index (χ1v) is 9.13. The highest BCUT2D eigenvalue weighted by atomic mass is 16.6. The molecule has 0 unspecified atom stereocenters. The molecule has 0 saturated heterocycles. The van der Waals surface area contributed by atoms with Crippen LogP contribution in [0.5, 0.6) is 5.75 Å². The van der Waals surface area contributed by atoms with Crippen molar-refractivity contribution in [3.8, 4) is 5.75 Å². The molecule has 0 aliphatic heterocycles. The second-order valence-corrected chi connectivity index (χ2v) is 6.76. The van der Waals surface area contributed by atoms with Crippen molar-refractivity contribution in [2.45, 2.75) is 13.1 Å². The molecule has 0 amide bonds. The molecule has 0 bridgehead atoms. The van der Waals surface area contributed by atoms with E-state index in [1.807, 2.05) is 30.3 Å². The van der Waals surface area contributed by atoms with Crippen molar-refractivity contribution in [1.29, 1.82) is 0 Å². The van der Waals surface area contributed by atoms with Gasteiger partial charge in [-0.3, -0.25) is 29.5 Å². The van der Waals surface area contributed by atoms with E-state index < -0.39 is 16.9 Å². The minimum atomic E-state index is -1.08. The molecular formula is C20H23N3O7. The predicted molar refractivity (Wildman–Crippen MR) is 107 cm³/mol. The summed E-state index contributed by atoms with van der Waals surface area (Å²) in [5.41, 5.74) is 1.00. The number of nitro benzene ring substituents is 1. The molecule has 0 heterocycles. The van der Waals surface area contributed by atoms with E-state index in [2.05, 4.69) is 0 Å². The van der Waals surface area contributed by atoms with Crippen LogP contribution in [0.4, 0.5) is 5.69 Å². The fourth-order valence-electron chi connectivity index (χ4n) is 2.98. The van der Waals surface area contributed by atoms with Gasteiger partial charge in [0.1, 0.15) is 5.75 Å². The number of phenols is 1. The van der Waals surface area contributed by atoms with Crippen molar-refractivity contribution in [3.63, 3.8) is 0 Å². The molecule has 0 saturated carbocycles. The van der Waals surface area contributed by atoms with Crippen molar-refractivity contribution < 1.29 is 29.8 Å². The second kappa shape index (κ2) is 10.9. The molecule has 0 aliphatic carbocycles. The van der Waals surface area contributed by atoms with Crippen LogP contribution in [-0.4, -0.2) is 68.2 Å². The number of carboxylic acid groups (broad SMARTS) is 2. The number of hydrogen-bond acceptors (Lipinski definition) is 7. The third-order valence-electron chi connectivity index (χ3n) is 4.37. The standard InChI is InChI=1S/C20H23N3O7/c24-18-10-17(23(29)30)7-6-16(18)12-22(14-20(27)28)9-8-21(13-19(25)26)11-15-4-2-1-3-5-15/h1-7,10,24H,8-9,11-14H2,(H,25,26)(H,27,28). The zero-order valence-corrected chi connectivity index (χ0v) is 16.2. The van der Waals surface area contributed by atoms with Crippen LogP contribution >= 0.6 is 0 Å². The Labute approximate surface area is 172 Å². The lowest BCUT2D eigenvalue weighted by molar-refractivity contribution is -0.385. The van der Waals surface area contributed by atoms with Crippen LogP contribution < -0.4 is 0 Å². The molecular weight excluding hydrogens is 394 g/mol. The third-order valence-corrected chi connectivity index (χ3v) is 4.37. The van der Waals surface area contributed by atoms with Crippen molar-refractivity contribution >= 4 is 17.6 Å². The Bertz CT molecular complexity index is 889. The Morgan fingerprint density at radius 1 is 0.900 bits per heavy atom. The van der Waals surface area contributed by atoms with Crippen LogP contribution in [-0.2, 0) is 22.7 Å². The fourth-order valence-corrected chi connectivity index (χ4v) is 2.98. The van der Waals surface area contributed by atoms with Crippen LogP contribution in [0.2, 0.25) is 0 Å². The average molecular weight is 417 g/mol. The number of non-ortho nitro benzene ring substituents is 1. The summed E-state index contributed by atoms with van der Waals surface area (Å²) in [6.45, 7) is 0.394. The van der Waals surface area contributed by atoms with Crippen molar-refractivity contribution in [1.82, 2.24) is 9.80 Å². The maximum atomic E-state index is 11.2. The van der Waals surface area contributed by atoms with Gasteiger partial charge in [-0.1, -0.05) is 30.3 Å². The van der Waals surface area contributed by atoms with Crippen LogP contribution in [0, 0.1) is 10.1 Å². The number of rotatable bonds is 12. The molecule has 0 fully saturated rings.